The van der Waals surface area contributed by atoms with Gasteiger partial charge in [-0.3, -0.25) is 19.4 Å². The second-order valence-corrected chi connectivity index (χ2v) is 6.81. The summed E-state index contributed by atoms with van der Waals surface area (Å²) in [6.45, 7) is -1.95. The van der Waals surface area contributed by atoms with E-state index < -0.39 is 84.1 Å². The number of benzene rings is 2. The zero-order chi connectivity index (χ0) is 22.9. The van der Waals surface area contributed by atoms with E-state index in [-0.39, 0.29) is 0 Å². The molecule has 2 atom stereocenters. The maximum Gasteiger partial charge on any atom is 0.333 e. The number of barbiturate groups is 1. The van der Waals surface area contributed by atoms with Crippen molar-refractivity contribution in [2.45, 2.75) is 18.8 Å². The van der Waals surface area contributed by atoms with Crippen molar-refractivity contribution in [1.82, 2.24) is 9.80 Å². The summed E-state index contributed by atoms with van der Waals surface area (Å²) in [6.07, 6.45) is -5.27. The van der Waals surface area contributed by atoms with Crippen molar-refractivity contribution >= 4 is 17.8 Å². The van der Waals surface area contributed by atoms with E-state index in [0.29, 0.717) is 46.2 Å². The molecule has 0 aromatic heterocycles. The van der Waals surface area contributed by atoms with Crippen LogP contribution in [0.4, 0.5) is 31.1 Å². The molecule has 31 heavy (non-hydrogen) atoms. The average Bonchev–Trinajstić information content (AvgIpc) is 2.66. The van der Waals surface area contributed by atoms with E-state index in [2.05, 4.69) is 0 Å². The number of carbonyl (C=O) groups excluding carboxylic acids is 3. The summed E-state index contributed by atoms with van der Waals surface area (Å²) in [5.74, 6) is -6.47. The lowest BCUT2D eigenvalue weighted by Crippen LogP contribution is -2.56. The Balaban J connectivity index is 1.77. The lowest BCUT2D eigenvalue weighted by atomic mass is 10.1. The Morgan fingerprint density at radius 1 is 0.645 bits per heavy atom. The van der Waals surface area contributed by atoms with E-state index >= 15 is 0 Å². The SMILES string of the molecule is O=C1CC(=O)N(C[C@H](F)c2cc(F)cc(F)c2)C(=O)N1C[C@@H](F)c1cc(F)cc(F)c1. The second-order valence-electron chi connectivity index (χ2n) is 6.81. The van der Waals surface area contributed by atoms with Gasteiger partial charge >= 0.3 is 6.03 Å². The molecule has 2 aromatic rings. The standard InChI is InChI=1S/C20H14F6N2O3/c21-12-1-10(2-13(22)5-12)16(25)8-27-18(29)7-19(30)28(20(27)31)9-17(26)11-3-14(23)6-15(24)4-11/h1-6,16-17H,7-9H2/t16-,17+. The minimum Gasteiger partial charge on any atom is -0.274 e. The fourth-order valence-electron chi connectivity index (χ4n) is 3.08. The molecule has 1 saturated heterocycles. The van der Waals surface area contributed by atoms with Crippen LogP contribution in [0.15, 0.2) is 36.4 Å². The van der Waals surface area contributed by atoms with E-state index in [1.807, 2.05) is 0 Å². The monoisotopic (exact) mass is 444 g/mol. The predicted molar refractivity (Wildman–Crippen MR) is 93.9 cm³/mol. The molecule has 0 saturated carbocycles. The van der Waals surface area contributed by atoms with Crippen LogP contribution in [0.2, 0.25) is 0 Å². The minimum atomic E-state index is -2.19. The molecule has 1 aliphatic rings. The Morgan fingerprint density at radius 3 is 1.29 bits per heavy atom. The van der Waals surface area contributed by atoms with Crippen LogP contribution in [-0.2, 0) is 9.59 Å². The first-order chi connectivity index (χ1) is 14.5. The number of halogens is 6. The van der Waals surface area contributed by atoms with Crippen LogP contribution in [0.25, 0.3) is 0 Å². The van der Waals surface area contributed by atoms with Gasteiger partial charge in [0.15, 0.2) is 0 Å². The highest BCUT2D eigenvalue weighted by atomic mass is 19.2. The molecule has 0 unspecified atom stereocenters. The normalized spacial score (nSPS) is 16.6. The van der Waals surface area contributed by atoms with Gasteiger partial charge in [-0.25, -0.2) is 31.1 Å². The minimum absolute atomic E-state index is 0.313. The molecule has 1 fully saturated rings. The van der Waals surface area contributed by atoms with E-state index in [4.69, 9.17) is 0 Å². The van der Waals surface area contributed by atoms with Crippen LogP contribution in [0.5, 0.6) is 0 Å². The molecule has 0 aliphatic carbocycles. The van der Waals surface area contributed by atoms with Gasteiger partial charge in [-0.2, -0.15) is 0 Å². The van der Waals surface area contributed by atoms with Crippen molar-refractivity contribution < 1.29 is 40.7 Å². The summed E-state index contributed by atoms with van der Waals surface area (Å²) >= 11 is 0. The molecule has 5 nitrogen and oxygen atoms in total. The summed E-state index contributed by atoms with van der Waals surface area (Å²) < 4.78 is 82.2. The van der Waals surface area contributed by atoms with Crippen molar-refractivity contribution in [2.24, 2.45) is 0 Å². The van der Waals surface area contributed by atoms with Crippen molar-refractivity contribution in [3.8, 4) is 0 Å². The molecular formula is C20H14F6N2O3. The summed E-state index contributed by atoms with van der Waals surface area (Å²) in [4.78, 5) is 37.3. The van der Waals surface area contributed by atoms with Crippen molar-refractivity contribution in [2.75, 3.05) is 13.1 Å². The van der Waals surface area contributed by atoms with E-state index in [1.165, 1.54) is 0 Å². The van der Waals surface area contributed by atoms with Gasteiger partial charge in [0.25, 0.3) is 0 Å². The summed E-state index contributed by atoms with van der Waals surface area (Å²) in [7, 11) is 0. The topological polar surface area (TPSA) is 57.7 Å². The number of amides is 4. The zero-order valence-electron chi connectivity index (χ0n) is 15.6. The van der Waals surface area contributed by atoms with Crippen molar-refractivity contribution in [1.29, 1.82) is 0 Å². The third-order valence-corrected chi connectivity index (χ3v) is 4.55. The largest absolute Gasteiger partial charge is 0.333 e. The molecule has 0 bridgehead atoms. The predicted octanol–water partition coefficient (Wildman–Crippen LogP) is 4.15. The van der Waals surface area contributed by atoms with E-state index in [9.17, 15) is 40.7 Å². The summed E-state index contributed by atoms with van der Waals surface area (Å²) in [5, 5.41) is 0. The average molecular weight is 444 g/mol. The lowest BCUT2D eigenvalue weighted by molar-refractivity contribution is -0.143. The van der Waals surface area contributed by atoms with Crippen LogP contribution in [0.3, 0.4) is 0 Å². The van der Waals surface area contributed by atoms with E-state index in [0.717, 1.165) is 0 Å². The zero-order valence-corrected chi connectivity index (χ0v) is 15.6. The number of nitrogens with zero attached hydrogens (tertiary/aromatic N) is 2. The van der Waals surface area contributed by atoms with Crippen molar-refractivity contribution in [3.05, 3.63) is 70.8 Å². The van der Waals surface area contributed by atoms with Gasteiger partial charge in [0.05, 0.1) is 13.1 Å². The van der Waals surface area contributed by atoms with Crippen molar-refractivity contribution in [3.63, 3.8) is 0 Å². The van der Waals surface area contributed by atoms with Gasteiger partial charge in [-0.05, 0) is 35.4 Å². The molecule has 0 N–H and O–H groups in total. The molecule has 164 valence electrons. The first kappa shape index (κ1) is 22.3. The highest BCUT2D eigenvalue weighted by molar-refractivity contribution is 6.14. The van der Waals surface area contributed by atoms with Gasteiger partial charge in [0.1, 0.15) is 42.0 Å². The first-order valence-corrected chi connectivity index (χ1v) is 8.90. The molecule has 4 amide bonds. The van der Waals surface area contributed by atoms with Crippen LogP contribution in [0.1, 0.15) is 29.9 Å². The highest BCUT2D eigenvalue weighted by Crippen LogP contribution is 2.26. The smallest absolute Gasteiger partial charge is 0.274 e. The Kier molecular flexibility index (Phi) is 6.32. The fraction of sp³-hybridized carbons (Fsp3) is 0.250. The molecule has 1 aliphatic heterocycles. The van der Waals surface area contributed by atoms with Gasteiger partial charge in [-0.1, -0.05) is 0 Å². The molecule has 0 radical (unpaired) electrons. The maximum atomic E-state index is 14.5. The van der Waals surface area contributed by atoms with Crippen LogP contribution < -0.4 is 0 Å². The number of carbonyl (C=O) groups is 3. The number of hydrogen-bond donors (Lipinski definition) is 0. The van der Waals surface area contributed by atoms with E-state index in [1.54, 1.807) is 0 Å². The molecule has 1 heterocycles. The third kappa shape index (κ3) is 5.04. The summed E-state index contributed by atoms with van der Waals surface area (Å²) in [6, 6.07) is 2.34. The van der Waals surface area contributed by atoms with Crippen LogP contribution in [0, 0.1) is 23.3 Å². The molecular weight excluding hydrogens is 430 g/mol. The molecule has 2 aromatic carbocycles. The Hall–Kier alpha value is -3.37. The second kappa shape index (κ2) is 8.78. The van der Waals surface area contributed by atoms with Crippen LogP contribution >= 0.6 is 0 Å². The van der Waals surface area contributed by atoms with Gasteiger partial charge < -0.3 is 0 Å². The number of imide groups is 2. The number of urea groups is 1. The molecule has 11 heteroatoms. The molecule has 0 spiro atoms. The quantitative estimate of drug-likeness (QED) is 0.497. The van der Waals surface area contributed by atoms with Gasteiger partial charge in [0.2, 0.25) is 11.8 Å². The van der Waals surface area contributed by atoms with Gasteiger partial charge in [0, 0.05) is 12.1 Å². The number of hydrogen-bond acceptors (Lipinski definition) is 3. The lowest BCUT2D eigenvalue weighted by Gasteiger charge is -2.34. The van der Waals surface area contributed by atoms with Crippen LogP contribution in [-0.4, -0.2) is 40.7 Å². The number of rotatable bonds is 6. The van der Waals surface area contributed by atoms with Gasteiger partial charge in [-0.15, -0.1) is 0 Å². The number of alkyl halides is 2. The highest BCUT2D eigenvalue weighted by Gasteiger charge is 2.40. The first-order valence-electron chi connectivity index (χ1n) is 8.90. The Bertz CT molecular complexity index is 928. The molecule has 3 rings (SSSR count). The Labute approximate surface area is 171 Å². The maximum absolute atomic E-state index is 14.5. The Morgan fingerprint density at radius 2 is 0.968 bits per heavy atom. The fourth-order valence-corrected chi connectivity index (χ4v) is 3.08. The summed E-state index contributed by atoms with van der Waals surface area (Å²) in [5.41, 5.74) is -0.972. The third-order valence-electron chi connectivity index (χ3n) is 4.55.